The molecule has 2 aromatic carbocycles. The summed E-state index contributed by atoms with van der Waals surface area (Å²) in [5.74, 6) is -0.0742. The van der Waals surface area contributed by atoms with Gasteiger partial charge in [0.25, 0.3) is 5.91 Å². The van der Waals surface area contributed by atoms with E-state index in [-0.39, 0.29) is 11.8 Å². The van der Waals surface area contributed by atoms with Gasteiger partial charge in [0, 0.05) is 6.54 Å². The molecule has 1 N–H and O–H groups in total. The van der Waals surface area contributed by atoms with Crippen molar-refractivity contribution in [3.05, 3.63) is 71.8 Å². The zero-order chi connectivity index (χ0) is 16.1. The largest absolute Gasteiger partial charge is 0.286 e. The molecule has 0 saturated carbocycles. The lowest BCUT2D eigenvalue weighted by atomic mass is 9.78. The Morgan fingerprint density at radius 2 is 1.65 bits per heavy atom. The van der Waals surface area contributed by atoms with Gasteiger partial charge in [0.15, 0.2) is 0 Å². The molecule has 1 aliphatic rings. The molecule has 2 atom stereocenters. The van der Waals surface area contributed by atoms with E-state index in [1.54, 1.807) is 0 Å². The Bertz CT molecular complexity index is 627. The molecule has 3 heteroatoms. The molecule has 1 heterocycles. The lowest BCUT2D eigenvalue weighted by Gasteiger charge is -2.35. The molecule has 0 spiro atoms. The van der Waals surface area contributed by atoms with Crippen molar-refractivity contribution in [3.63, 3.8) is 0 Å². The maximum atomic E-state index is 12.4. The van der Waals surface area contributed by atoms with Crippen LogP contribution in [0.5, 0.6) is 0 Å². The fourth-order valence-corrected chi connectivity index (χ4v) is 3.53. The van der Waals surface area contributed by atoms with Crippen LogP contribution < -0.4 is 0 Å². The fraction of sp³-hybridized carbons (Fsp3) is 0.350. The highest BCUT2D eigenvalue weighted by molar-refractivity contribution is 5.83. The second kappa shape index (κ2) is 7.42. The minimum absolute atomic E-state index is 0.160. The molecule has 0 aromatic heterocycles. The molecule has 1 amide bonds. The number of hydroxylamine groups is 2. The minimum atomic E-state index is -0.217. The van der Waals surface area contributed by atoms with Crippen LogP contribution in [0.25, 0.3) is 0 Å². The first-order valence-electron chi connectivity index (χ1n) is 8.35. The Hall–Kier alpha value is -2.13. The van der Waals surface area contributed by atoms with Gasteiger partial charge in [-0.05, 0) is 42.7 Å². The number of benzene rings is 2. The van der Waals surface area contributed by atoms with Crippen molar-refractivity contribution in [2.45, 2.75) is 31.6 Å². The number of piperidine rings is 1. The minimum Gasteiger partial charge on any atom is -0.286 e. The van der Waals surface area contributed by atoms with Crippen LogP contribution in [-0.2, 0) is 11.2 Å². The summed E-state index contributed by atoms with van der Waals surface area (Å²) in [7, 11) is 0. The van der Waals surface area contributed by atoms with Gasteiger partial charge in [-0.15, -0.1) is 0 Å². The highest BCUT2D eigenvalue weighted by Gasteiger charge is 2.36. The summed E-state index contributed by atoms with van der Waals surface area (Å²) in [5, 5.41) is 10.7. The van der Waals surface area contributed by atoms with E-state index in [0.29, 0.717) is 12.5 Å². The molecule has 3 nitrogen and oxygen atoms in total. The van der Waals surface area contributed by atoms with E-state index in [4.69, 9.17) is 0 Å². The second-order valence-electron chi connectivity index (χ2n) is 6.28. The number of hydrogen-bond donors (Lipinski definition) is 1. The van der Waals surface area contributed by atoms with Crippen LogP contribution in [0.2, 0.25) is 0 Å². The highest BCUT2D eigenvalue weighted by Crippen LogP contribution is 2.36. The molecule has 1 aliphatic heterocycles. The van der Waals surface area contributed by atoms with Crippen LogP contribution in [0.15, 0.2) is 60.7 Å². The molecule has 23 heavy (non-hydrogen) atoms. The van der Waals surface area contributed by atoms with Crippen molar-refractivity contribution in [3.8, 4) is 0 Å². The Morgan fingerprint density at radius 3 is 2.35 bits per heavy atom. The summed E-state index contributed by atoms with van der Waals surface area (Å²) in [6, 6.07) is 20.3. The van der Waals surface area contributed by atoms with Gasteiger partial charge in [-0.2, -0.15) is 0 Å². The standard InChI is InChI=1S/C20H23NO2/c22-20-19(17-11-5-2-6-12-17)18(14-15-21(20)23)13-7-10-16-8-3-1-4-9-16/h1-6,8-9,11-12,18-19,23H,7,10,13-15H2. The van der Waals surface area contributed by atoms with E-state index < -0.39 is 0 Å². The number of carbonyl (C=O) groups excluding carboxylic acids is 1. The van der Waals surface area contributed by atoms with E-state index in [1.807, 2.05) is 36.4 Å². The number of rotatable bonds is 5. The molecule has 2 unspecified atom stereocenters. The number of hydrogen-bond acceptors (Lipinski definition) is 2. The van der Waals surface area contributed by atoms with E-state index in [2.05, 4.69) is 24.3 Å². The van der Waals surface area contributed by atoms with Crippen LogP contribution >= 0.6 is 0 Å². The summed E-state index contributed by atoms with van der Waals surface area (Å²) in [5.41, 5.74) is 2.36. The van der Waals surface area contributed by atoms with Crippen molar-refractivity contribution in [1.82, 2.24) is 5.06 Å². The normalized spacial score (nSPS) is 21.4. The first kappa shape index (κ1) is 15.8. The smallest absolute Gasteiger partial charge is 0.253 e. The van der Waals surface area contributed by atoms with Gasteiger partial charge in [0.05, 0.1) is 5.92 Å². The molecular formula is C20H23NO2. The first-order chi connectivity index (χ1) is 11.3. The zero-order valence-electron chi connectivity index (χ0n) is 13.3. The van der Waals surface area contributed by atoms with Crippen LogP contribution in [0.3, 0.4) is 0 Å². The van der Waals surface area contributed by atoms with Gasteiger partial charge in [0.1, 0.15) is 0 Å². The molecule has 3 rings (SSSR count). The fourth-order valence-electron chi connectivity index (χ4n) is 3.53. The van der Waals surface area contributed by atoms with E-state index in [9.17, 15) is 10.0 Å². The summed E-state index contributed by atoms with van der Waals surface area (Å²) in [6.07, 6.45) is 3.97. The Morgan fingerprint density at radius 1 is 1.00 bits per heavy atom. The summed E-state index contributed by atoms with van der Waals surface area (Å²) in [6.45, 7) is 0.443. The molecule has 1 saturated heterocycles. The molecule has 120 valence electrons. The van der Waals surface area contributed by atoms with Gasteiger partial charge < -0.3 is 0 Å². The quantitative estimate of drug-likeness (QED) is 0.847. The summed E-state index contributed by atoms with van der Waals surface area (Å²) in [4.78, 5) is 12.4. The number of nitrogens with zero attached hydrogens (tertiary/aromatic N) is 1. The van der Waals surface area contributed by atoms with Gasteiger partial charge >= 0.3 is 0 Å². The summed E-state index contributed by atoms with van der Waals surface area (Å²) < 4.78 is 0. The topological polar surface area (TPSA) is 40.5 Å². The van der Waals surface area contributed by atoms with Crippen molar-refractivity contribution in [2.75, 3.05) is 6.54 Å². The van der Waals surface area contributed by atoms with E-state index in [0.717, 1.165) is 36.3 Å². The number of aryl methyl sites for hydroxylation is 1. The van der Waals surface area contributed by atoms with Crippen molar-refractivity contribution < 1.29 is 10.0 Å². The second-order valence-corrected chi connectivity index (χ2v) is 6.28. The van der Waals surface area contributed by atoms with Gasteiger partial charge in [0.2, 0.25) is 0 Å². The maximum absolute atomic E-state index is 12.4. The number of carbonyl (C=O) groups is 1. The van der Waals surface area contributed by atoms with Gasteiger partial charge in [-0.25, -0.2) is 5.06 Å². The van der Waals surface area contributed by atoms with E-state index >= 15 is 0 Å². The van der Waals surface area contributed by atoms with Crippen LogP contribution in [0.1, 0.15) is 36.3 Å². The average Bonchev–Trinajstić information content (AvgIpc) is 2.60. The molecule has 0 radical (unpaired) electrons. The maximum Gasteiger partial charge on any atom is 0.253 e. The zero-order valence-corrected chi connectivity index (χ0v) is 13.3. The monoisotopic (exact) mass is 309 g/mol. The van der Waals surface area contributed by atoms with Gasteiger partial charge in [-0.3, -0.25) is 10.0 Å². The molecule has 0 aliphatic carbocycles. The third-order valence-electron chi connectivity index (χ3n) is 4.75. The Balaban J connectivity index is 1.67. The molecule has 2 aromatic rings. The molecule has 0 bridgehead atoms. The predicted molar refractivity (Wildman–Crippen MR) is 90.2 cm³/mol. The van der Waals surface area contributed by atoms with Crippen molar-refractivity contribution in [1.29, 1.82) is 0 Å². The summed E-state index contributed by atoms with van der Waals surface area (Å²) >= 11 is 0. The average molecular weight is 309 g/mol. The Labute approximate surface area is 137 Å². The van der Waals surface area contributed by atoms with Gasteiger partial charge in [-0.1, -0.05) is 60.7 Å². The van der Waals surface area contributed by atoms with Crippen LogP contribution in [-0.4, -0.2) is 22.7 Å². The number of amides is 1. The SMILES string of the molecule is O=C1C(c2ccccc2)C(CCCc2ccccc2)CCN1O. The lowest BCUT2D eigenvalue weighted by molar-refractivity contribution is -0.175. The van der Waals surface area contributed by atoms with Crippen molar-refractivity contribution in [2.24, 2.45) is 5.92 Å². The third-order valence-corrected chi connectivity index (χ3v) is 4.75. The molecular weight excluding hydrogens is 286 g/mol. The predicted octanol–water partition coefficient (Wildman–Crippen LogP) is 4.03. The highest BCUT2D eigenvalue weighted by atomic mass is 16.5. The first-order valence-corrected chi connectivity index (χ1v) is 8.35. The van der Waals surface area contributed by atoms with Crippen LogP contribution in [0.4, 0.5) is 0 Å². The van der Waals surface area contributed by atoms with Crippen molar-refractivity contribution >= 4 is 5.91 Å². The lowest BCUT2D eigenvalue weighted by Crippen LogP contribution is -2.42. The Kier molecular flexibility index (Phi) is 5.09. The third kappa shape index (κ3) is 3.80. The molecule has 1 fully saturated rings. The van der Waals surface area contributed by atoms with E-state index in [1.165, 1.54) is 5.56 Å². The van der Waals surface area contributed by atoms with Crippen LogP contribution in [0, 0.1) is 5.92 Å².